The topological polar surface area (TPSA) is 77.5 Å². The molecule has 1 heterocycles. The minimum Gasteiger partial charge on any atom is -0.453 e. The molecule has 6 nitrogen and oxygen atoms in total. The number of nitrogens with one attached hydrogen (secondary N) is 1. The van der Waals surface area contributed by atoms with Gasteiger partial charge < -0.3 is 9.47 Å². The number of aromatic nitrogens is 1. The maximum absolute atomic E-state index is 12.0. The molecule has 0 aliphatic heterocycles. The van der Waals surface area contributed by atoms with Gasteiger partial charge in [0.2, 0.25) is 0 Å². The summed E-state index contributed by atoms with van der Waals surface area (Å²) in [5.74, 6) is -0.473. The van der Waals surface area contributed by atoms with Crippen LogP contribution in [0.25, 0.3) is 0 Å². The summed E-state index contributed by atoms with van der Waals surface area (Å²) < 4.78 is 9.59. The molecule has 1 N–H and O–H groups in total. The molecule has 1 amide bonds. The number of carbonyl (C=O) groups is 2. The Morgan fingerprint density at radius 2 is 1.77 bits per heavy atom. The number of halogens is 2. The number of carbonyl (C=O) groups excluding carboxylic acids is 2. The average molecular weight is 341 g/mol. The molecule has 0 atom stereocenters. The number of amides is 1. The first-order chi connectivity index (χ1) is 10.5. The van der Waals surface area contributed by atoms with Gasteiger partial charge in [-0.3, -0.25) is 5.32 Å². The molecule has 0 bridgehead atoms. The molecule has 0 radical (unpaired) electrons. The molecular formula is C14H10Cl2N2O4. The van der Waals surface area contributed by atoms with Crippen molar-refractivity contribution < 1.29 is 19.1 Å². The summed E-state index contributed by atoms with van der Waals surface area (Å²) in [5.41, 5.74) is 0.413. The lowest BCUT2D eigenvalue weighted by molar-refractivity contribution is 0.0728. The van der Waals surface area contributed by atoms with Crippen molar-refractivity contribution in [3.05, 3.63) is 52.3 Å². The van der Waals surface area contributed by atoms with Crippen LogP contribution >= 0.6 is 23.2 Å². The van der Waals surface area contributed by atoms with E-state index < -0.39 is 12.1 Å². The van der Waals surface area contributed by atoms with E-state index in [1.54, 1.807) is 12.1 Å². The van der Waals surface area contributed by atoms with Crippen molar-refractivity contribution >= 4 is 41.0 Å². The molecule has 0 unspecified atom stereocenters. The number of hydrogen-bond donors (Lipinski definition) is 1. The molecule has 1 aromatic heterocycles. The number of hydrogen-bond acceptors (Lipinski definition) is 5. The summed E-state index contributed by atoms with van der Waals surface area (Å²) in [5, 5.41) is 2.74. The fraction of sp³-hybridized carbons (Fsp3) is 0.0714. The number of benzene rings is 1. The molecular weight excluding hydrogens is 331 g/mol. The van der Waals surface area contributed by atoms with Crippen molar-refractivity contribution in [3.8, 4) is 5.75 Å². The number of rotatable bonds is 3. The minimum absolute atomic E-state index is 0.0778. The van der Waals surface area contributed by atoms with Crippen LogP contribution in [0.4, 0.5) is 10.5 Å². The zero-order chi connectivity index (χ0) is 16.1. The molecule has 0 saturated carbocycles. The normalized spacial score (nSPS) is 9.95. The maximum Gasteiger partial charge on any atom is 0.411 e. The second kappa shape index (κ2) is 7.11. The first kappa shape index (κ1) is 16.1. The van der Waals surface area contributed by atoms with Gasteiger partial charge in [0.15, 0.2) is 5.69 Å². The van der Waals surface area contributed by atoms with Crippen molar-refractivity contribution in [2.75, 3.05) is 12.4 Å². The highest BCUT2D eigenvalue weighted by Gasteiger charge is 2.15. The maximum atomic E-state index is 12.0. The molecule has 8 heteroatoms. The van der Waals surface area contributed by atoms with Gasteiger partial charge in [-0.05, 0) is 36.4 Å². The van der Waals surface area contributed by atoms with E-state index in [0.717, 1.165) is 0 Å². The van der Waals surface area contributed by atoms with Gasteiger partial charge in [0.25, 0.3) is 0 Å². The van der Waals surface area contributed by atoms with E-state index >= 15 is 0 Å². The van der Waals surface area contributed by atoms with Gasteiger partial charge in [-0.25, -0.2) is 14.6 Å². The molecule has 114 valence electrons. The molecule has 22 heavy (non-hydrogen) atoms. The summed E-state index contributed by atoms with van der Waals surface area (Å²) >= 11 is 11.6. The SMILES string of the molecule is COC(=O)Nc1ccc(OC(=O)c2nc(Cl)ccc2Cl)cc1. The van der Waals surface area contributed by atoms with E-state index in [1.165, 1.54) is 31.4 Å². The first-order valence-electron chi connectivity index (χ1n) is 5.99. The fourth-order valence-corrected chi connectivity index (χ4v) is 1.82. The number of anilines is 1. The van der Waals surface area contributed by atoms with Crippen LogP contribution in [0.2, 0.25) is 10.2 Å². The molecule has 2 aromatic rings. The summed E-state index contributed by atoms with van der Waals surface area (Å²) in [6.45, 7) is 0. The van der Waals surface area contributed by atoms with Gasteiger partial charge >= 0.3 is 12.1 Å². The van der Waals surface area contributed by atoms with Gasteiger partial charge in [0.05, 0.1) is 12.1 Å². The Labute approximate surface area is 136 Å². The van der Waals surface area contributed by atoms with Gasteiger partial charge in [0.1, 0.15) is 10.9 Å². The number of nitrogens with zero attached hydrogens (tertiary/aromatic N) is 1. The highest BCUT2D eigenvalue weighted by Crippen LogP contribution is 2.21. The first-order valence-corrected chi connectivity index (χ1v) is 6.74. The van der Waals surface area contributed by atoms with Crippen LogP contribution in [-0.4, -0.2) is 24.2 Å². The van der Waals surface area contributed by atoms with E-state index in [2.05, 4.69) is 15.0 Å². The molecule has 1 aromatic carbocycles. The van der Waals surface area contributed by atoms with Crippen LogP contribution in [0.1, 0.15) is 10.5 Å². The Balaban J connectivity index is 2.08. The summed E-state index contributed by atoms with van der Waals surface area (Å²) in [6.07, 6.45) is -0.598. The van der Waals surface area contributed by atoms with Gasteiger partial charge in [-0.2, -0.15) is 0 Å². The monoisotopic (exact) mass is 340 g/mol. The Bertz CT molecular complexity index is 704. The van der Waals surface area contributed by atoms with Gasteiger partial charge in [-0.15, -0.1) is 0 Å². The Morgan fingerprint density at radius 1 is 1.09 bits per heavy atom. The number of pyridine rings is 1. The molecule has 0 saturated heterocycles. The number of esters is 1. The Kier molecular flexibility index (Phi) is 5.19. The number of ether oxygens (including phenoxy) is 2. The van der Waals surface area contributed by atoms with Crippen LogP contribution in [0.15, 0.2) is 36.4 Å². The van der Waals surface area contributed by atoms with E-state index in [0.29, 0.717) is 5.69 Å². The predicted molar refractivity (Wildman–Crippen MR) is 81.7 cm³/mol. The third-order valence-electron chi connectivity index (χ3n) is 2.50. The summed E-state index contributed by atoms with van der Waals surface area (Å²) in [6, 6.07) is 9.02. The van der Waals surface area contributed by atoms with E-state index in [1.807, 2.05) is 0 Å². The van der Waals surface area contributed by atoms with Crippen molar-refractivity contribution in [2.24, 2.45) is 0 Å². The van der Waals surface area contributed by atoms with E-state index in [4.69, 9.17) is 27.9 Å². The fourth-order valence-electron chi connectivity index (χ4n) is 1.49. The standard InChI is InChI=1S/C14H10Cl2N2O4/c1-21-14(20)17-8-2-4-9(5-3-8)22-13(19)12-10(15)6-7-11(16)18-12/h2-7H,1H3,(H,17,20). The lowest BCUT2D eigenvalue weighted by Crippen LogP contribution is -2.12. The highest BCUT2D eigenvalue weighted by molar-refractivity contribution is 6.34. The van der Waals surface area contributed by atoms with Crippen LogP contribution < -0.4 is 10.1 Å². The second-order valence-electron chi connectivity index (χ2n) is 3.99. The third kappa shape index (κ3) is 4.09. The molecule has 2 rings (SSSR count). The van der Waals surface area contributed by atoms with Crippen LogP contribution in [0.5, 0.6) is 5.75 Å². The Morgan fingerprint density at radius 3 is 2.41 bits per heavy atom. The van der Waals surface area contributed by atoms with E-state index in [-0.39, 0.29) is 21.6 Å². The van der Waals surface area contributed by atoms with Crippen molar-refractivity contribution in [3.63, 3.8) is 0 Å². The van der Waals surface area contributed by atoms with Crippen LogP contribution in [0, 0.1) is 0 Å². The second-order valence-corrected chi connectivity index (χ2v) is 4.79. The molecule has 0 aliphatic carbocycles. The van der Waals surface area contributed by atoms with Gasteiger partial charge in [-0.1, -0.05) is 23.2 Å². The summed E-state index contributed by atoms with van der Waals surface area (Å²) in [7, 11) is 1.26. The van der Waals surface area contributed by atoms with E-state index in [9.17, 15) is 9.59 Å². The Hall–Kier alpha value is -2.31. The van der Waals surface area contributed by atoms with Crippen LogP contribution in [0.3, 0.4) is 0 Å². The lowest BCUT2D eigenvalue weighted by Gasteiger charge is -2.07. The predicted octanol–water partition coefficient (Wildman–Crippen LogP) is 3.79. The van der Waals surface area contributed by atoms with Crippen molar-refractivity contribution in [1.82, 2.24) is 4.98 Å². The molecule has 0 fully saturated rings. The van der Waals surface area contributed by atoms with Gasteiger partial charge in [0, 0.05) is 5.69 Å². The third-order valence-corrected chi connectivity index (χ3v) is 3.02. The largest absolute Gasteiger partial charge is 0.453 e. The van der Waals surface area contributed by atoms with Crippen LogP contribution in [-0.2, 0) is 4.74 Å². The zero-order valence-corrected chi connectivity index (χ0v) is 12.8. The molecule has 0 spiro atoms. The minimum atomic E-state index is -0.735. The lowest BCUT2D eigenvalue weighted by atomic mass is 10.3. The quantitative estimate of drug-likeness (QED) is 0.522. The zero-order valence-electron chi connectivity index (χ0n) is 11.3. The average Bonchev–Trinajstić information content (AvgIpc) is 2.51. The summed E-state index contributed by atoms with van der Waals surface area (Å²) in [4.78, 5) is 26.8. The van der Waals surface area contributed by atoms with Crippen molar-refractivity contribution in [1.29, 1.82) is 0 Å². The van der Waals surface area contributed by atoms with Crippen molar-refractivity contribution in [2.45, 2.75) is 0 Å². The molecule has 0 aliphatic rings. The number of methoxy groups -OCH3 is 1. The highest BCUT2D eigenvalue weighted by atomic mass is 35.5. The smallest absolute Gasteiger partial charge is 0.411 e.